The summed E-state index contributed by atoms with van der Waals surface area (Å²) in [6.45, 7) is 5.00. The Hall–Kier alpha value is -1.19. The van der Waals surface area contributed by atoms with Crippen LogP contribution in [0.25, 0.3) is 0 Å². The van der Waals surface area contributed by atoms with E-state index >= 15 is 0 Å². The van der Waals surface area contributed by atoms with Crippen molar-refractivity contribution in [3.63, 3.8) is 0 Å². The van der Waals surface area contributed by atoms with E-state index < -0.39 is 0 Å². The molecule has 0 fully saturated rings. The molecule has 3 heteroatoms. The molecule has 1 N–H and O–H groups in total. The van der Waals surface area contributed by atoms with Crippen molar-refractivity contribution in [3.05, 3.63) is 57.5 Å². The van der Waals surface area contributed by atoms with Gasteiger partial charge in [-0.2, -0.15) is 0 Å². The maximum atomic E-state index is 13.1. The number of aryl methyl sites for hydroxylation is 1. The van der Waals surface area contributed by atoms with Crippen LogP contribution in [0.1, 0.15) is 29.0 Å². The molecule has 0 aliphatic rings. The average molecular weight is 249 g/mol. The van der Waals surface area contributed by atoms with Crippen molar-refractivity contribution < 1.29 is 4.39 Å². The number of halogens is 1. The van der Waals surface area contributed by atoms with E-state index in [4.69, 9.17) is 0 Å². The normalized spacial score (nSPS) is 12.6. The van der Waals surface area contributed by atoms with Crippen LogP contribution in [0, 0.1) is 12.7 Å². The number of thiophene rings is 1. The van der Waals surface area contributed by atoms with Gasteiger partial charge in [0.25, 0.3) is 0 Å². The third-order valence-electron chi connectivity index (χ3n) is 2.89. The quantitative estimate of drug-likeness (QED) is 0.862. The molecule has 1 heterocycles. The van der Waals surface area contributed by atoms with Gasteiger partial charge in [0.1, 0.15) is 5.82 Å². The molecule has 0 spiro atoms. The predicted octanol–water partition coefficient (Wildman–Crippen LogP) is 4.05. The first-order chi connectivity index (χ1) is 8.16. The maximum absolute atomic E-state index is 13.1. The molecule has 2 rings (SSSR count). The fourth-order valence-electron chi connectivity index (χ4n) is 1.72. The zero-order valence-electron chi connectivity index (χ0n) is 10.0. The van der Waals surface area contributed by atoms with E-state index in [1.165, 1.54) is 16.5 Å². The van der Waals surface area contributed by atoms with Crippen LogP contribution in [0.3, 0.4) is 0 Å². The number of nitrogens with one attached hydrogen (secondary N) is 1. The monoisotopic (exact) mass is 249 g/mol. The van der Waals surface area contributed by atoms with E-state index in [-0.39, 0.29) is 11.9 Å². The highest BCUT2D eigenvalue weighted by atomic mass is 32.1. The molecule has 1 nitrogen and oxygen atoms in total. The fourth-order valence-corrected chi connectivity index (χ4v) is 2.58. The van der Waals surface area contributed by atoms with Crippen molar-refractivity contribution in [2.75, 3.05) is 0 Å². The summed E-state index contributed by atoms with van der Waals surface area (Å²) in [6, 6.07) is 9.03. The molecule has 1 aromatic heterocycles. The molecule has 0 saturated carbocycles. The van der Waals surface area contributed by atoms with Gasteiger partial charge in [-0.05, 0) is 48.6 Å². The van der Waals surface area contributed by atoms with Gasteiger partial charge in [-0.1, -0.05) is 12.1 Å². The number of rotatable bonds is 4. The first-order valence-corrected chi connectivity index (χ1v) is 6.56. The smallest absolute Gasteiger partial charge is 0.123 e. The molecule has 90 valence electrons. The topological polar surface area (TPSA) is 12.0 Å². The van der Waals surface area contributed by atoms with E-state index in [0.717, 1.165) is 12.1 Å². The van der Waals surface area contributed by atoms with Gasteiger partial charge in [0.05, 0.1) is 0 Å². The largest absolute Gasteiger partial charge is 0.305 e. The standard InChI is InChI=1S/C14H16FNS/c1-10-6-7-17-14(10)9-16-11(2)12-4-3-5-13(15)8-12/h3-8,11,16H,9H2,1-2H3/t11-/m1/s1. The molecule has 0 bridgehead atoms. The molecular formula is C14H16FNS. The summed E-state index contributed by atoms with van der Waals surface area (Å²) >= 11 is 1.75. The number of hydrogen-bond acceptors (Lipinski definition) is 2. The molecule has 0 amide bonds. The van der Waals surface area contributed by atoms with Crippen molar-refractivity contribution >= 4 is 11.3 Å². The van der Waals surface area contributed by atoms with Gasteiger partial charge in [0, 0.05) is 17.5 Å². The Bertz CT molecular complexity index is 492. The molecule has 0 aliphatic carbocycles. The van der Waals surface area contributed by atoms with Crippen molar-refractivity contribution in [2.24, 2.45) is 0 Å². The van der Waals surface area contributed by atoms with Gasteiger partial charge in [-0.25, -0.2) is 4.39 Å². The molecule has 0 saturated heterocycles. The van der Waals surface area contributed by atoms with Gasteiger partial charge >= 0.3 is 0 Å². The summed E-state index contributed by atoms with van der Waals surface area (Å²) in [5.41, 5.74) is 2.30. The van der Waals surface area contributed by atoms with Crippen LogP contribution in [-0.4, -0.2) is 0 Å². The van der Waals surface area contributed by atoms with Gasteiger partial charge in [0.2, 0.25) is 0 Å². The molecule has 1 aromatic carbocycles. The molecule has 17 heavy (non-hydrogen) atoms. The highest BCUT2D eigenvalue weighted by Crippen LogP contribution is 2.18. The summed E-state index contributed by atoms with van der Waals surface area (Å²) in [5, 5.41) is 5.51. The lowest BCUT2D eigenvalue weighted by molar-refractivity contribution is 0.567. The highest BCUT2D eigenvalue weighted by Gasteiger charge is 2.07. The molecule has 0 unspecified atom stereocenters. The minimum absolute atomic E-state index is 0.159. The van der Waals surface area contributed by atoms with E-state index in [2.05, 4.69) is 30.6 Å². The van der Waals surface area contributed by atoms with Gasteiger partial charge in [0.15, 0.2) is 0 Å². The summed E-state index contributed by atoms with van der Waals surface area (Å²) in [4.78, 5) is 1.34. The van der Waals surface area contributed by atoms with Crippen LogP contribution < -0.4 is 5.32 Å². The van der Waals surface area contributed by atoms with Gasteiger partial charge < -0.3 is 5.32 Å². The lowest BCUT2D eigenvalue weighted by atomic mass is 10.1. The Morgan fingerprint density at radius 3 is 2.82 bits per heavy atom. The van der Waals surface area contributed by atoms with E-state index in [0.29, 0.717) is 0 Å². The first-order valence-electron chi connectivity index (χ1n) is 5.68. The van der Waals surface area contributed by atoms with Crippen LogP contribution in [0.2, 0.25) is 0 Å². The van der Waals surface area contributed by atoms with E-state index in [9.17, 15) is 4.39 Å². The maximum Gasteiger partial charge on any atom is 0.123 e. The number of benzene rings is 1. The Morgan fingerprint density at radius 1 is 1.35 bits per heavy atom. The van der Waals surface area contributed by atoms with E-state index in [1.54, 1.807) is 23.5 Å². The SMILES string of the molecule is Cc1ccsc1CN[C@H](C)c1cccc(F)c1. The Morgan fingerprint density at radius 2 is 2.18 bits per heavy atom. The average Bonchev–Trinajstić information content (AvgIpc) is 2.72. The summed E-state index contributed by atoms with van der Waals surface area (Å²) in [7, 11) is 0. The molecule has 0 radical (unpaired) electrons. The zero-order chi connectivity index (χ0) is 12.3. The van der Waals surface area contributed by atoms with Crippen molar-refractivity contribution in [2.45, 2.75) is 26.4 Å². The predicted molar refractivity (Wildman–Crippen MR) is 70.7 cm³/mol. The Balaban J connectivity index is 1.98. The second-order valence-electron chi connectivity index (χ2n) is 4.18. The Labute approximate surface area is 105 Å². The molecule has 0 aliphatic heterocycles. The number of hydrogen-bond donors (Lipinski definition) is 1. The molecule has 1 atom stereocenters. The van der Waals surface area contributed by atoms with Crippen LogP contribution in [0.4, 0.5) is 4.39 Å². The van der Waals surface area contributed by atoms with Crippen LogP contribution in [-0.2, 0) is 6.54 Å². The van der Waals surface area contributed by atoms with E-state index in [1.807, 2.05) is 6.07 Å². The summed E-state index contributed by atoms with van der Waals surface area (Å²) in [5.74, 6) is -0.177. The second kappa shape index (κ2) is 5.43. The summed E-state index contributed by atoms with van der Waals surface area (Å²) in [6.07, 6.45) is 0. The van der Waals surface area contributed by atoms with Crippen molar-refractivity contribution in [1.29, 1.82) is 0 Å². The zero-order valence-corrected chi connectivity index (χ0v) is 10.9. The second-order valence-corrected chi connectivity index (χ2v) is 5.19. The van der Waals surface area contributed by atoms with Gasteiger partial charge in [-0.3, -0.25) is 0 Å². The van der Waals surface area contributed by atoms with Crippen LogP contribution in [0.15, 0.2) is 35.7 Å². The third kappa shape index (κ3) is 3.14. The lowest BCUT2D eigenvalue weighted by Gasteiger charge is -2.14. The van der Waals surface area contributed by atoms with Crippen LogP contribution >= 0.6 is 11.3 Å². The van der Waals surface area contributed by atoms with Crippen molar-refractivity contribution in [3.8, 4) is 0 Å². The van der Waals surface area contributed by atoms with Crippen molar-refractivity contribution in [1.82, 2.24) is 5.32 Å². The first kappa shape index (κ1) is 12.3. The molecular weight excluding hydrogens is 233 g/mol. The Kier molecular flexibility index (Phi) is 3.92. The van der Waals surface area contributed by atoms with Gasteiger partial charge in [-0.15, -0.1) is 11.3 Å². The minimum Gasteiger partial charge on any atom is -0.305 e. The van der Waals surface area contributed by atoms with Crippen LogP contribution in [0.5, 0.6) is 0 Å². The summed E-state index contributed by atoms with van der Waals surface area (Å²) < 4.78 is 13.1. The molecule has 2 aromatic rings. The third-order valence-corrected chi connectivity index (χ3v) is 3.91. The lowest BCUT2D eigenvalue weighted by Crippen LogP contribution is -2.17. The minimum atomic E-state index is -0.177. The highest BCUT2D eigenvalue weighted by molar-refractivity contribution is 7.10. The fraction of sp³-hybridized carbons (Fsp3) is 0.286.